The molecule has 29 heavy (non-hydrogen) atoms. The minimum absolute atomic E-state index is 0.0556. The molecule has 2 aliphatic heterocycles. The molecule has 1 aliphatic carbocycles. The zero-order valence-electron chi connectivity index (χ0n) is 14.2. The number of fused-ring (bicyclic) bond motifs is 6. The third-order valence-electron chi connectivity index (χ3n) is 5.14. The number of phenols is 1. The first-order chi connectivity index (χ1) is 13.8. The van der Waals surface area contributed by atoms with Crippen LogP contribution in [0.4, 0.5) is 0 Å². The second-order valence-electron chi connectivity index (χ2n) is 6.60. The van der Waals surface area contributed by atoms with E-state index in [1.54, 1.807) is 18.2 Å². The number of halogens is 4. The summed E-state index contributed by atoms with van der Waals surface area (Å²) >= 11 is 8.25. The highest BCUT2D eigenvalue weighted by atomic mass is 127. The largest absolute Gasteiger partial charge is 0.506 e. The van der Waals surface area contributed by atoms with E-state index in [0.29, 0.717) is 44.5 Å². The Morgan fingerprint density at radius 1 is 1.00 bits per heavy atom. The van der Waals surface area contributed by atoms with Gasteiger partial charge in [0.15, 0.2) is 22.9 Å². The summed E-state index contributed by atoms with van der Waals surface area (Å²) in [4.78, 5) is 25.3. The summed E-state index contributed by atoms with van der Waals surface area (Å²) in [7, 11) is 0. The molecule has 5 rings (SSSR count). The summed E-state index contributed by atoms with van der Waals surface area (Å²) < 4.78 is 14.7. The lowest BCUT2D eigenvalue weighted by molar-refractivity contribution is -0.114. The van der Waals surface area contributed by atoms with Gasteiger partial charge in [0, 0.05) is 21.1 Å². The number of Topliss-reactive ketones (excluding diaryl/α,β-unsaturated/α-hetero) is 1. The molecule has 0 amide bonds. The fraction of sp³-hybridized carbons (Fsp3) is 0.100. The first-order valence-corrected chi connectivity index (χ1v) is 12.6. The van der Waals surface area contributed by atoms with Crippen molar-refractivity contribution in [3.63, 3.8) is 0 Å². The van der Waals surface area contributed by atoms with Crippen LogP contribution in [0.2, 0.25) is 0 Å². The number of ketones is 1. The van der Waals surface area contributed by atoms with Gasteiger partial charge in [-0.15, -0.1) is 0 Å². The number of phenolic OH excluding ortho intramolecular Hbond substituents is 1. The lowest BCUT2D eigenvalue weighted by Gasteiger charge is -2.41. The van der Waals surface area contributed by atoms with Crippen LogP contribution >= 0.6 is 90.4 Å². The van der Waals surface area contributed by atoms with Gasteiger partial charge in [-0.25, -0.2) is 4.79 Å². The molecule has 0 radical (unpaired) electrons. The van der Waals surface area contributed by atoms with Crippen molar-refractivity contribution in [3.8, 4) is 11.5 Å². The zero-order chi connectivity index (χ0) is 20.7. The zero-order valence-corrected chi connectivity index (χ0v) is 22.8. The normalized spacial score (nSPS) is 22.0. The van der Waals surface area contributed by atoms with Crippen molar-refractivity contribution < 1.29 is 24.2 Å². The van der Waals surface area contributed by atoms with E-state index in [-0.39, 0.29) is 18.0 Å². The standard InChI is InChI=1S/C20H8I4O5/c21-12-10(25)6-5-9-17(12)28-18-11(13(22)14(23)16(26)15(18)24)20(9)8-4-2-1-3-7(8)19(27)29-20/h1-5,26H,6H2. The Morgan fingerprint density at radius 2 is 1.72 bits per heavy atom. The van der Waals surface area contributed by atoms with Crippen molar-refractivity contribution in [2.45, 2.75) is 12.0 Å². The van der Waals surface area contributed by atoms with Gasteiger partial charge in [0.25, 0.3) is 0 Å². The molecule has 1 spiro atoms. The van der Waals surface area contributed by atoms with E-state index in [0.717, 1.165) is 3.57 Å². The van der Waals surface area contributed by atoms with Gasteiger partial charge >= 0.3 is 5.97 Å². The fourth-order valence-corrected chi connectivity index (χ4v) is 7.11. The molecule has 5 nitrogen and oxygen atoms in total. The number of hydrogen-bond donors (Lipinski definition) is 1. The third kappa shape index (κ3) is 2.65. The molecule has 0 saturated carbocycles. The Kier molecular flexibility index (Phi) is 4.98. The molecular weight excluding hydrogens is 828 g/mol. The maximum Gasteiger partial charge on any atom is 0.340 e. The molecule has 0 bridgehead atoms. The molecule has 1 N–H and O–H groups in total. The highest BCUT2D eigenvalue weighted by Gasteiger charge is 2.58. The van der Waals surface area contributed by atoms with E-state index < -0.39 is 11.6 Å². The van der Waals surface area contributed by atoms with Crippen LogP contribution < -0.4 is 4.74 Å². The molecule has 3 aliphatic rings. The van der Waals surface area contributed by atoms with Crippen LogP contribution in [0.1, 0.15) is 27.9 Å². The summed E-state index contributed by atoms with van der Waals surface area (Å²) in [6.07, 6.45) is 2.00. The molecule has 0 fully saturated rings. The summed E-state index contributed by atoms with van der Waals surface area (Å²) in [6, 6.07) is 7.28. The Hall–Kier alpha value is -0.420. The van der Waals surface area contributed by atoms with E-state index in [9.17, 15) is 14.7 Å². The van der Waals surface area contributed by atoms with Crippen molar-refractivity contribution >= 4 is 102 Å². The smallest absolute Gasteiger partial charge is 0.340 e. The number of allylic oxidation sites excluding steroid dienone is 2. The summed E-state index contributed by atoms with van der Waals surface area (Å²) in [5, 5.41) is 10.6. The number of carbonyl (C=O) groups is 2. The van der Waals surface area contributed by atoms with E-state index in [1.807, 2.05) is 57.3 Å². The number of carbonyl (C=O) groups excluding carboxylic acids is 2. The SMILES string of the molecule is O=C1CC=C2C(=C1I)Oc1c(I)c(O)c(I)c(I)c1C21OC(=O)c2ccccc21. The first kappa shape index (κ1) is 20.5. The number of aromatic hydroxyl groups is 1. The maximum atomic E-state index is 12.9. The number of ether oxygens (including phenoxy) is 2. The quantitative estimate of drug-likeness (QED) is 0.214. The molecule has 2 aromatic rings. The fourth-order valence-electron chi connectivity index (χ4n) is 3.90. The predicted octanol–water partition coefficient (Wildman–Crippen LogP) is 5.56. The molecule has 2 aromatic carbocycles. The van der Waals surface area contributed by atoms with Crippen LogP contribution in [0.5, 0.6) is 11.5 Å². The Morgan fingerprint density at radius 3 is 2.48 bits per heavy atom. The Balaban J connectivity index is 1.99. The maximum absolute atomic E-state index is 12.9. The van der Waals surface area contributed by atoms with Crippen molar-refractivity contribution in [3.05, 3.63) is 72.7 Å². The second-order valence-corrected chi connectivity index (χ2v) is 10.9. The van der Waals surface area contributed by atoms with Crippen LogP contribution in [0.3, 0.4) is 0 Å². The van der Waals surface area contributed by atoms with Gasteiger partial charge in [0.1, 0.15) is 5.75 Å². The van der Waals surface area contributed by atoms with Crippen LogP contribution in [-0.2, 0) is 15.1 Å². The second kappa shape index (κ2) is 7.05. The number of rotatable bonds is 0. The van der Waals surface area contributed by atoms with E-state index in [1.165, 1.54) is 0 Å². The van der Waals surface area contributed by atoms with Crippen LogP contribution in [-0.4, -0.2) is 16.9 Å². The summed E-state index contributed by atoms with van der Waals surface area (Å²) in [5.74, 6) is 0.420. The topological polar surface area (TPSA) is 72.8 Å². The van der Waals surface area contributed by atoms with Gasteiger partial charge in [-0.2, -0.15) is 0 Å². The van der Waals surface area contributed by atoms with Crippen LogP contribution in [0.15, 0.2) is 45.3 Å². The van der Waals surface area contributed by atoms with Crippen molar-refractivity contribution in [1.82, 2.24) is 0 Å². The van der Waals surface area contributed by atoms with Gasteiger partial charge in [-0.1, -0.05) is 24.3 Å². The van der Waals surface area contributed by atoms with Crippen LogP contribution in [0, 0.1) is 10.7 Å². The van der Waals surface area contributed by atoms with Crippen molar-refractivity contribution in [2.75, 3.05) is 0 Å². The average molecular weight is 836 g/mol. The molecule has 0 aromatic heterocycles. The van der Waals surface area contributed by atoms with E-state index >= 15 is 0 Å². The number of benzene rings is 2. The summed E-state index contributed by atoms with van der Waals surface area (Å²) in [6.45, 7) is 0. The van der Waals surface area contributed by atoms with E-state index in [4.69, 9.17) is 9.47 Å². The summed E-state index contributed by atoms with van der Waals surface area (Å²) in [5.41, 5.74) is 1.31. The highest BCUT2D eigenvalue weighted by molar-refractivity contribution is 14.1. The van der Waals surface area contributed by atoms with Gasteiger partial charge in [-0.3, -0.25) is 4.79 Å². The Labute approximate surface area is 219 Å². The number of esters is 1. The Bertz CT molecular complexity index is 1230. The minimum Gasteiger partial charge on any atom is -0.506 e. The molecular formula is C20H8I4O5. The lowest BCUT2D eigenvalue weighted by Crippen LogP contribution is -2.39. The van der Waals surface area contributed by atoms with Gasteiger partial charge in [0.05, 0.1) is 21.8 Å². The highest BCUT2D eigenvalue weighted by Crippen LogP contribution is 2.60. The molecule has 2 heterocycles. The molecule has 146 valence electrons. The van der Waals surface area contributed by atoms with Crippen LogP contribution in [0.25, 0.3) is 0 Å². The van der Waals surface area contributed by atoms with Crippen molar-refractivity contribution in [2.24, 2.45) is 0 Å². The first-order valence-electron chi connectivity index (χ1n) is 8.33. The molecule has 0 saturated heterocycles. The van der Waals surface area contributed by atoms with Gasteiger partial charge < -0.3 is 14.6 Å². The molecule has 9 heteroatoms. The van der Waals surface area contributed by atoms with Crippen molar-refractivity contribution in [1.29, 1.82) is 0 Å². The average Bonchev–Trinajstić information content (AvgIpc) is 3.01. The van der Waals surface area contributed by atoms with E-state index in [2.05, 4.69) is 45.2 Å². The predicted molar refractivity (Wildman–Crippen MR) is 138 cm³/mol. The minimum atomic E-state index is -1.22. The van der Waals surface area contributed by atoms with Gasteiger partial charge in [-0.05, 0) is 96.4 Å². The number of hydrogen-bond acceptors (Lipinski definition) is 5. The molecule has 1 atom stereocenters. The van der Waals surface area contributed by atoms with Gasteiger partial charge in [0.2, 0.25) is 0 Å². The lowest BCUT2D eigenvalue weighted by atomic mass is 9.75. The monoisotopic (exact) mass is 836 g/mol. The molecule has 1 unspecified atom stereocenters. The third-order valence-corrected chi connectivity index (χ3v) is 10.4.